The zero-order valence-corrected chi connectivity index (χ0v) is 19.9. The van der Waals surface area contributed by atoms with E-state index in [1.807, 2.05) is 19.9 Å². The lowest BCUT2D eigenvalue weighted by Gasteiger charge is -2.19. The van der Waals surface area contributed by atoms with E-state index in [4.69, 9.17) is 9.47 Å². The molecule has 0 radical (unpaired) electrons. The van der Waals surface area contributed by atoms with Crippen molar-refractivity contribution in [1.29, 1.82) is 0 Å². The summed E-state index contributed by atoms with van der Waals surface area (Å²) in [6.45, 7) is 3.78. The third-order valence-corrected chi connectivity index (χ3v) is 4.98. The molecule has 1 aromatic heterocycles. The minimum absolute atomic E-state index is 0.0287. The van der Waals surface area contributed by atoms with Crippen molar-refractivity contribution < 1.29 is 28.6 Å². The summed E-state index contributed by atoms with van der Waals surface area (Å²) >= 11 is 0. The van der Waals surface area contributed by atoms with Crippen LogP contribution in [0.4, 0.5) is 0 Å². The SMILES string of the molecule is COC(=O)CNC(=O)C[C@H](CC(C)C)NC(=O)c1cc(-c2c(OC)cccc2OC)n(C)n1. The average molecular weight is 461 g/mol. The Kier molecular flexibility index (Phi) is 9.26. The van der Waals surface area contributed by atoms with Gasteiger partial charge in [0.2, 0.25) is 5.91 Å². The first-order chi connectivity index (χ1) is 15.7. The largest absolute Gasteiger partial charge is 0.496 e. The Morgan fingerprint density at radius 1 is 1.09 bits per heavy atom. The Bertz CT molecular complexity index is 963. The summed E-state index contributed by atoms with van der Waals surface area (Å²) in [6, 6.07) is 6.64. The standard InChI is InChI=1S/C23H32N4O6/c1-14(2)10-15(11-20(28)24-13-21(29)33-6)25-23(30)16-12-17(27(3)26-16)22-18(31-4)8-7-9-19(22)32-5/h7-9,12,14-15H,10-11,13H2,1-6H3,(H,24,28)(H,25,30)/t15-/m0/s1. The zero-order valence-electron chi connectivity index (χ0n) is 19.9. The van der Waals surface area contributed by atoms with Crippen molar-refractivity contribution in [3.63, 3.8) is 0 Å². The lowest BCUT2D eigenvalue weighted by Crippen LogP contribution is -2.41. The number of methoxy groups -OCH3 is 3. The Morgan fingerprint density at radius 3 is 2.27 bits per heavy atom. The van der Waals surface area contributed by atoms with Gasteiger partial charge in [-0.3, -0.25) is 19.1 Å². The number of ether oxygens (including phenoxy) is 3. The van der Waals surface area contributed by atoms with Crippen molar-refractivity contribution in [3.05, 3.63) is 30.0 Å². The summed E-state index contributed by atoms with van der Waals surface area (Å²) in [7, 11) is 6.09. The number of hydrogen-bond donors (Lipinski definition) is 2. The number of nitrogens with one attached hydrogen (secondary N) is 2. The predicted molar refractivity (Wildman–Crippen MR) is 122 cm³/mol. The second-order valence-electron chi connectivity index (χ2n) is 7.93. The van der Waals surface area contributed by atoms with Crippen LogP contribution in [0.15, 0.2) is 24.3 Å². The second-order valence-corrected chi connectivity index (χ2v) is 7.93. The maximum atomic E-state index is 13.0. The number of esters is 1. The molecule has 1 aromatic carbocycles. The van der Waals surface area contributed by atoms with Gasteiger partial charge in [0.15, 0.2) is 5.69 Å². The number of aryl methyl sites for hydroxylation is 1. The average Bonchev–Trinajstić information content (AvgIpc) is 3.17. The van der Waals surface area contributed by atoms with E-state index >= 15 is 0 Å². The summed E-state index contributed by atoms with van der Waals surface area (Å²) < 4.78 is 17.0. The first-order valence-corrected chi connectivity index (χ1v) is 10.6. The molecule has 0 saturated carbocycles. The van der Waals surface area contributed by atoms with Crippen molar-refractivity contribution in [2.45, 2.75) is 32.7 Å². The number of carbonyl (C=O) groups is 3. The maximum absolute atomic E-state index is 13.0. The number of amides is 2. The van der Waals surface area contributed by atoms with Gasteiger partial charge in [0.1, 0.15) is 18.0 Å². The Morgan fingerprint density at radius 2 is 1.73 bits per heavy atom. The van der Waals surface area contributed by atoms with Gasteiger partial charge < -0.3 is 24.8 Å². The van der Waals surface area contributed by atoms with Crippen LogP contribution in [0.1, 0.15) is 37.2 Å². The highest BCUT2D eigenvalue weighted by atomic mass is 16.5. The molecule has 0 aliphatic carbocycles. The topological polar surface area (TPSA) is 121 Å². The molecule has 2 amide bonds. The molecule has 10 heteroatoms. The van der Waals surface area contributed by atoms with Gasteiger partial charge in [-0.15, -0.1) is 0 Å². The van der Waals surface area contributed by atoms with Crippen LogP contribution in [0.5, 0.6) is 11.5 Å². The number of benzene rings is 1. The summed E-state index contributed by atoms with van der Waals surface area (Å²) in [5.74, 6) is 0.110. The van der Waals surface area contributed by atoms with Crippen molar-refractivity contribution in [2.24, 2.45) is 13.0 Å². The first kappa shape index (κ1) is 25.7. The van der Waals surface area contributed by atoms with Crippen molar-refractivity contribution in [3.8, 4) is 22.8 Å². The molecule has 2 rings (SSSR count). The number of aromatic nitrogens is 2. The molecule has 10 nitrogen and oxygen atoms in total. The van der Waals surface area contributed by atoms with Crippen LogP contribution < -0.4 is 20.1 Å². The molecule has 0 aliphatic heterocycles. The monoisotopic (exact) mass is 460 g/mol. The van der Waals surface area contributed by atoms with E-state index in [2.05, 4.69) is 20.5 Å². The molecule has 0 unspecified atom stereocenters. The first-order valence-electron chi connectivity index (χ1n) is 10.6. The molecule has 180 valence electrons. The minimum atomic E-state index is -0.541. The Labute approximate surface area is 193 Å². The molecule has 2 N–H and O–H groups in total. The van der Waals surface area contributed by atoms with E-state index in [1.54, 1.807) is 44.1 Å². The van der Waals surface area contributed by atoms with Crippen molar-refractivity contribution in [2.75, 3.05) is 27.9 Å². The van der Waals surface area contributed by atoms with E-state index in [-0.39, 0.29) is 30.5 Å². The maximum Gasteiger partial charge on any atom is 0.325 e. The van der Waals surface area contributed by atoms with E-state index < -0.39 is 17.9 Å². The molecule has 33 heavy (non-hydrogen) atoms. The molecular formula is C23H32N4O6. The smallest absolute Gasteiger partial charge is 0.325 e. The van der Waals surface area contributed by atoms with Crippen LogP contribution in [-0.2, 0) is 21.4 Å². The summed E-state index contributed by atoms with van der Waals surface area (Å²) in [6.07, 6.45) is 0.609. The molecule has 0 bridgehead atoms. The number of carbonyl (C=O) groups excluding carboxylic acids is 3. The van der Waals surface area contributed by atoms with Gasteiger partial charge in [-0.2, -0.15) is 5.10 Å². The normalized spacial score (nSPS) is 11.6. The Hall–Kier alpha value is -3.56. The van der Waals surface area contributed by atoms with Crippen LogP contribution in [0.2, 0.25) is 0 Å². The summed E-state index contributed by atoms with van der Waals surface area (Å²) in [5.41, 5.74) is 1.52. The summed E-state index contributed by atoms with van der Waals surface area (Å²) in [5, 5.41) is 9.74. The van der Waals surface area contributed by atoms with E-state index in [1.165, 1.54) is 7.11 Å². The highest BCUT2D eigenvalue weighted by Gasteiger charge is 2.23. The highest BCUT2D eigenvalue weighted by Crippen LogP contribution is 2.38. The zero-order chi connectivity index (χ0) is 24.5. The number of hydrogen-bond acceptors (Lipinski definition) is 7. The lowest BCUT2D eigenvalue weighted by atomic mass is 10.0. The van der Waals surface area contributed by atoms with E-state index in [0.717, 1.165) is 0 Å². The van der Waals surface area contributed by atoms with Crippen LogP contribution in [0.25, 0.3) is 11.3 Å². The molecule has 0 aliphatic rings. The third kappa shape index (κ3) is 6.96. The predicted octanol–water partition coefficient (Wildman–Crippen LogP) is 1.93. The van der Waals surface area contributed by atoms with Crippen LogP contribution in [0.3, 0.4) is 0 Å². The van der Waals surface area contributed by atoms with Gasteiger partial charge in [0.25, 0.3) is 5.91 Å². The van der Waals surface area contributed by atoms with Gasteiger partial charge >= 0.3 is 5.97 Å². The fourth-order valence-electron chi connectivity index (χ4n) is 3.48. The van der Waals surface area contributed by atoms with Crippen LogP contribution >= 0.6 is 0 Å². The van der Waals surface area contributed by atoms with Gasteiger partial charge in [0, 0.05) is 19.5 Å². The molecule has 0 fully saturated rings. The van der Waals surface area contributed by atoms with Crippen LogP contribution in [0, 0.1) is 5.92 Å². The fraction of sp³-hybridized carbons (Fsp3) is 0.478. The minimum Gasteiger partial charge on any atom is -0.496 e. The highest BCUT2D eigenvalue weighted by molar-refractivity contribution is 5.94. The fourth-order valence-corrected chi connectivity index (χ4v) is 3.48. The lowest BCUT2D eigenvalue weighted by molar-refractivity contribution is -0.141. The van der Waals surface area contributed by atoms with E-state index in [9.17, 15) is 14.4 Å². The quantitative estimate of drug-likeness (QED) is 0.492. The van der Waals surface area contributed by atoms with Gasteiger partial charge in [-0.25, -0.2) is 0 Å². The van der Waals surface area contributed by atoms with Crippen molar-refractivity contribution >= 4 is 17.8 Å². The second kappa shape index (κ2) is 11.9. The van der Waals surface area contributed by atoms with Gasteiger partial charge in [-0.1, -0.05) is 19.9 Å². The van der Waals surface area contributed by atoms with Gasteiger partial charge in [0.05, 0.1) is 32.6 Å². The molecule has 1 heterocycles. The molecule has 0 spiro atoms. The van der Waals surface area contributed by atoms with Crippen LogP contribution in [-0.4, -0.2) is 61.5 Å². The van der Waals surface area contributed by atoms with Crippen molar-refractivity contribution in [1.82, 2.24) is 20.4 Å². The molecule has 0 saturated heterocycles. The number of rotatable bonds is 11. The summed E-state index contributed by atoms with van der Waals surface area (Å²) in [4.78, 5) is 36.5. The van der Waals surface area contributed by atoms with E-state index in [0.29, 0.717) is 29.2 Å². The molecule has 1 atom stereocenters. The molecular weight excluding hydrogens is 428 g/mol. The third-order valence-electron chi connectivity index (χ3n) is 4.98. The molecule has 2 aromatic rings. The number of nitrogens with zero attached hydrogens (tertiary/aromatic N) is 2. The van der Waals surface area contributed by atoms with Gasteiger partial charge in [-0.05, 0) is 30.5 Å². The Balaban J connectivity index is 2.21.